The molecule has 2 atom stereocenters. The molecule has 0 amide bonds. The van der Waals surface area contributed by atoms with E-state index in [9.17, 15) is 8.78 Å². The minimum atomic E-state index is -0.569. The van der Waals surface area contributed by atoms with E-state index in [0.717, 1.165) is 50.5 Å². The van der Waals surface area contributed by atoms with Crippen LogP contribution < -0.4 is 0 Å². The molecule has 2 rings (SSSR count). The zero-order chi connectivity index (χ0) is 15.4. The van der Waals surface area contributed by atoms with Crippen LogP contribution in [-0.2, 0) is 12.8 Å². The third kappa shape index (κ3) is 3.46. The molecule has 21 heavy (non-hydrogen) atoms. The van der Waals surface area contributed by atoms with Crippen LogP contribution in [0.25, 0.3) is 0 Å². The highest BCUT2D eigenvalue weighted by molar-refractivity contribution is 5.40. The maximum Gasteiger partial charge on any atom is 0.162 e. The third-order valence-corrected chi connectivity index (χ3v) is 4.99. The molecule has 118 valence electrons. The van der Waals surface area contributed by atoms with Crippen molar-refractivity contribution in [2.75, 3.05) is 0 Å². The molecule has 0 aliphatic heterocycles. The van der Waals surface area contributed by atoms with Crippen LogP contribution in [0.15, 0.2) is 6.07 Å². The van der Waals surface area contributed by atoms with Crippen LogP contribution in [0, 0.1) is 17.6 Å². The van der Waals surface area contributed by atoms with E-state index in [4.69, 9.17) is 0 Å². The topological polar surface area (TPSA) is 0 Å². The van der Waals surface area contributed by atoms with Gasteiger partial charge >= 0.3 is 0 Å². The van der Waals surface area contributed by atoms with Crippen LogP contribution >= 0.6 is 0 Å². The fourth-order valence-corrected chi connectivity index (χ4v) is 3.65. The molecule has 2 heteroatoms. The number of hydrogen-bond donors (Lipinski definition) is 0. The average Bonchev–Trinajstić information content (AvgIpc) is 2.91. The van der Waals surface area contributed by atoms with E-state index >= 15 is 0 Å². The lowest BCUT2D eigenvalue weighted by molar-refractivity contribution is 0.457. The smallest absolute Gasteiger partial charge is 0.162 e. The highest BCUT2D eigenvalue weighted by atomic mass is 19.2. The van der Waals surface area contributed by atoms with Gasteiger partial charge in [0.2, 0.25) is 0 Å². The molecule has 0 bridgehead atoms. The predicted molar refractivity (Wildman–Crippen MR) is 84.7 cm³/mol. The quantitative estimate of drug-likeness (QED) is 0.564. The maximum absolute atomic E-state index is 14.5. The molecule has 0 spiro atoms. The Morgan fingerprint density at radius 2 is 1.81 bits per heavy atom. The van der Waals surface area contributed by atoms with E-state index in [1.165, 1.54) is 0 Å². The summed E-state index contributed by atoms with van der Waals surface area (Å²) in [6.07, 6.45) is 7.80. The molecule has 0 saturated carbocycles. The van der Waals surface area contributed by atoms with Crippen LogP contribution in [0.5, 0.6) is 0 Å². The van der Waals surface area contributed by atoms with Gasteiger partial charge in [0.25, 0.3) is 0 Å². The van der Waals surface area contributed by atoms with Gasteiger partial charge in [0.1, 0.15) is 0 Å². The summed E-state index contributed by atoms with van der Waals surface area (Å²) in [5, 5.41) is 0. The number of rotatable bonds is 7. The van der Waals surface area contributed by atoms with Crippen LogP contribution in [0.2, 0.25) is 0 Å². The Bertz CT molecular complexity index is 479. The summed E-state index contributed by atoms with van der Waals surface area (Å²) < 4.78 is 28.9. The molecular formula is C19H28F2. The van der Waals surface area contributed by atoms with Crippen molar-refractivity contribution in [1.29, 1.82) is 0 Å². The van der Waals surface area contributed by atoms with E-state index < -0.39 is 11.6 Å². The molecule has 1 aliphatic carbocycles. The standard InChI is InChI=1S/C19H28F2/c1-4-7-9-14(8-5-2)17-12-15-10-13(6-3)11-16(15)18(20)19(17)21/h12-14H,4-11H2,1-3H3. The van der Waals surface area contributed by atoms with Gasteiger partial charge in [0, 0.05) is 0 Å². The van der Waals surface area contributed by atoms with Crippen molar-refractivity contribution in [2.24, 2.45) is 5.92 Å². The van der Waals surface area contributed by atoms with E-state index in [-0.39, 0.29) is 5.92 Å². The normalized spacial score (nSPS) is 18.8. The predicted octanol–water partition coefficient (Wildman–Crippen LogP) is 6.16. The Morgan fingerprint density at radius 3 is 2.43 bits per heavy atom. The molecule has 0 nitrogen and oxygen atoms in total. The third-order valence-electron chi connectivity index (χ3n) is 4.99. The second-order valence-electron chi connectivity index (χ2n) is 6.54. The summed E-state index contributed by atoms with van der Waals surface area (Å²) in [5.74, 6) is -0.462. The van der Waals surface area contributed by atoms with Gasteiger partial charge < -0.3 is 0 Å². The Balaban J connectivity index is 2.33. The highest BCUT2D eigenvalue weighted by Crippen LogP contribution is 2.37. The van der Waals surface area contributed by atoms with Crippen molar-refractivity contribution in [3.05, 3.63) is 34.4 Å². The summed E-state index contributed by atoms with van der Waals surface area (Å²) in [6, 6.07) is 1.99. The molecular weight excluding hydrogens is 266 g/mol. The van der Waals surface area contributed by atoms with Crippen LogP contribution in [0.1, 0.15) is 81.9 Å². The minimum absolute atomic E-state index is 0.176. The molecule has 1 aliphatic rings. The Morgan fingerprint density at radius 1 is 1.05 bits per heavy atom. The highest BCUT2D eigenvalue weighted by Gasteiger charge is 2.29. The summed E-state index contributed by atoms with van der Waals surface area (Å²) in [4.78, 5) is 0. The molecule has 0 fully saturated rings. The van der Waals surface area contributed by atoms with Gasteiger partial charge in [-0.1, -0.05) is 52.5 Å². The van der Waals surface area contributed by atoms with E-state index in [1.54, 1.807) is 0 Å². The van der Waals surface area contributed by atoms with Gasteiger partial charge in [-0.25, -0.2) is 8.78 Å². The van der Waals surface area contributed by atoms with E-state index in [0.29, 0.717) is 23.5 Å². The Kier molecular flexibility index (Phi) is 5.78. The SMILES string of the molecule is CCCCC(CCC)c1cc2c(c(F)c1F)CC(CC)C2. The summed E-state index contributed by atoms with van der Waals surface area (Å²) in [7, 11) is 0. The first-order chi connectivity index (χ1) is 10.1. The van der Waals surface area contributed by atoms with Crippen LogP contribution in [0.4, 0.5) is 8.78 Å². The molecule has 2 unspecified atom stereocenters. The number of halogens is 2. The van der Waals surface area contributed by atoms with Crippen LogP contribution in [0.3, 0.4) is 0 Å². The molecule has 0 radical (unpaired) electrons. The molecule has 0 heterocycles. The van der Waals surface area contributed by atoms with Crippen molar-refractivity contribution in [3.63, 3.8) is 0 Å². The molecule has 0 N–H and O–H groups in total. The van der Waals surface area contributed by atoms with Crippen molar-refractivity contribution in [2.45, 2.75) is 78.1 Å². The largest absolute Gasteiger partial charge is 0.203 e. The van der Waals surface area contributed by atoms with Crippen molar-refractivity contribution >= 4 is 0 Å². The van der Waals surface area contributed by atoms with Crippen molar-refractivity contribution in [1.82, 2.24) is 0 Å². The van der Waals surface area contributed by atoms with Gasteiger partial charge in [-0.05, 0) is 54.2 Å². The van der Waals surface area contributed by atoms with Gasteiger partial charge in [-0.15, -0.1) is 0 Å². The zero-order valence-electron chi connectivity index (χ0n) is 13.6. The van der Waals surface area contributed by atoms with E-state index in [1.807, 2.05) is 6.07 Å². The lowest BCUT2D eigenvalue weighted by atomic mass is 9.87. The second kappa shape index (κ2) is 7.38. The first-order valence-corrected chi connectivity index (χ1v) is 8.61. The fourth-order valence-electron chi connectivity index (χ4n) is 3.65. The number of hydrogen-bond acceptors (Lipinski definition) is 0. The monoisotopic (exact) mass is 294 g/mol. The summed E-state index contributed by atoms with van der Waals surface area (Å²) >= 11 is 0. The molecule has 1 aromatic carbocycles. The van der Waals surface area contributed by atoms with Gasteiger partial charge in [-0.2, -0.15) is 0 Å². The van der Waals surface area contributed by atoms with Gasteiger partial charge in [-0.3, -0.25) is 0 Å². The average molecular weight is 294 g/mol. The molecule has 0 aromatic heterocycles. The fraction of sp³-hybridized carbons (Fsp3) is 0.684. The van der Waals surface area contributed by atoms with Crippen molar-refractivity contribution < 1.29 is 8.78 Å². The van der Waals surface area contributed by atoms with E-state index in [2.05, 4.69) is 20.8 Å². The van der Waals surface area contributed by atoms with Gasteiger partial charge in [0.15, 0.2) is 11.6 Å². The first kappa shape index (κ1) is 16.5. The lowest BCUT2D eigenvalue weighted by Gasteiger charge is -2.19. The zero-order valence-corrected chi connectivity index (χ0v) is 13.6. The molecule has 0 saturated heterocycles. The molecule has 1 aromatic rings. The van der Waals surface area contributed by atoms with Crippen LogP contribution in [-0.4, -0.2) is 0 Å². The number of fused-ring (bicyclic) bond motifs is 1. The number of unbranched alkanes of at least 4 members (excludes halogenated alkanes) is 1. The number of benzene rings is 1. The summed E-state index contributed by atoms with van der Waals surface area (Å²) in [6.45, 7) is 6.40. The summed E-state index contributed by atoms with van der Waals surface area (Å²) in [5.41, 5.74) is 2.35. The van der Waals surface area contributed by atoms with Gasteiger partial charge in [0.05, 0.1) is 0 Å². The first-order valence-electron chi connectivity index (χ1n) is 8.61. The Hall–Kier alpha value is -0.920. The Labute approximate surface area is 128 Å². The van der Waals surface area contributed by atoms with Crippen molar-refractivity contribution in [3.8, 4) is 0 Å². The maximum atomic E-state index is 14.5. The minimum Gasteiger partial charge on any atom is -0.203 e. The lowest BCUT2D eigenvalue weighted by Crippen LogP contribution is -2.07. The second-order valence-corrected chi connectivity index (χ2v) is 6.54.